The van der Waals surface area contributed by atoms with E-state index in [1.807, 2.05) is 0 Å². The highest BCUT2D eigenvalue weighted by atomic mass is 15.4. The summed E-state index contributed by atoms with van der Waals surface area (Å²) in [6.07, 6.45) is 15.3. The van der Waals surface area contributed by atoms with Gasteiger partial charge in [0.1, 0.15) is 0 Å². The van der Waals surface area contributed by atoms with Gasteiger partial charge in [-0.2, -0.15) is 0 Å². The molecule has 0 radical (unpaired) electrons. The lowest BCUT2D eigenvalue weighted by Gasteiger charge is -2.52. The molecule has 1 aliphatic heterocycles. The van der Waals surface area contributed by atoms with Crippen molar-refractivity contribution < 1.29 is 0 Å². The standard InChI is InChI=1S/C18H35N3/c1-2-18(19)13-20(16-9-5-3-6-10-16)15-21(14-18)17-11-7-4-8-12-17/h16-17H,2-15,19H2,1H3. The van der Waals surface area contributed by atoms with Crippen LogP contribution in [-0.2, 0) is 0 Å². The van der Waals surface area contributed by atoms with Gasteiger partial charge in [0.2, 0.25) is 0 Å². The van der Waals surface area contributed by atoms with Crippen molar-refractivity contribution in [2.24, 2.45) is 5.73 Å². The van der Waals surface area contributed by atoms with Crippen LogP contribution in [-0.4, -0.2) is 47.2 Å². The summed E-state index contributed by atoms with van der Waals surface area (Å²) in [6, 6.07) is 1.61. The van der Waals surface area contributed by atoms with Crippen LogP contribution in [0.3, 0.4) is 0 Å². The summed E-state index contributed by atoms with van der Waals surface area (Å²) in [5, 5.41) is 0. The predicted molar refractivity (Wildman–Crippen MR) is 89.2 cm³/mol. The van der Waals surface area contributed by atoms with E-state index in [-0.39, 0.29) is 5.54 Å². The molecular formula is C18H35N3. The van der Waals surface area contributed by atoms with Crippen LogP contribution in [0, 0.1) is 0 Å². The highest BCUT2D eigenvalue weighted by Crippen LogP contribution is 2.31. The Bertz CT molecular complexity index is 292. The van der Waals surface area contributed by atoms with Crippen LogP contribution in [0.4, 0.5) is 0 Å². The van der Waals surface area contributed by atoms with Crippen molar-refractivity contribution in [3.63, 3.8) is 0 Å². The largest absolute Gasteiger partial charge is 0.323 e. The van der Waals surface area contributed by atoms with Gasteiger partial charge in [0, 0.05) is 30.7 Å². The third-order valence-corrected chi connectivity index (χ3v) is 6.29. The first-order chi connectivity index (χ1) is 10.2. The van der Waals surface area contributed by atoms with E-state index >= 15 is 0 Å². The number of rotatable bonds is 3. The molecular weight excluding hydrogens is 258 g/mol. The zero-order valence-corrected chi connectivity index (χ0v) is 14.0. The lowest BCUT2D eigenvalue weighted by atomic mass is 9.87. The Morgan fingerprint density at radius 1 is 0.810 bits per heavy atom. The minimum absolute atomic E-state index is 0.0210. The van der Waals surface area contributed by atoms with Crippen LogP contribution < -0.4 is 5.73 Å². The third kappa shape index (κ3) is 3.80. The number of hydrogen-bond acceptors (Lipinski definition) is 3. The average molecular weight is 293 g/mol. The number of nitrogens with two attached hydrogens (primary N) is 1. The fourth-order valence-electron chi connectivity index (χ4n) is 4.80. The van der Waals surface area contributed by atoms with Crippen molar-refractivity contribution in [2.75, 3.05) is 19.8 Å². The van der Waals surface area contributed by atoms with E-state index in [1.165, 1.54) is 70.9 Å². The Morgan fingerprint density at radius 3 is 1.62 bits per heavy atom. The molecule has 21 heavy (non-hydrogen) atoms. The maximum Gasteiger partial charge on any atom is 0.0513 e. The molecule has 122 valence electrons. The van der Waals surface area contributed by atoms with Crippen LogP contribution in [0.15, 0.2) is 0 Å². The van der Waals surface area contributed by atoms with E-state index in [2.05, 4.69) is 16.7 Å². The molecule has 1 heterocycles. The van der Waals surface area contributed by atoms with Crippen molar-refractivity contribution in [3.05, 3.63) is 0 Å². The van der Waals surface area contributed by atoms with E-state index in [4.69, 9.17) is 5.73 Å². The molecule has 3 heteroatoms. The van der Waals surface area contributed by atoms with Gasteiger partial charge in [0.25, 0.3) is 0 Å². The van der Waals surface area contributed by atoms with E-state index < -0.39 is 0 Å². The Kier molecular flexibility index (Phi) is 5.23. The van der Waals surface area contributed by atoms with Gasteiger partial charge in [-0.15, -0.1) is 0 Å². The topological polar surface area (TPSA) is 32.5 Å². The maximum absolute atomic E-state index is 6.77. The normalized spacial score (nSPS) is 30.6. The zero-order chi connectivity index (χ0) is 14.7. The number of hydrogen-bond donors (Lipinski definition) is 1. The van der Waals surface area contributed by atoms with Gasteiger partial charge in [0.05, 0.1) is 6.67 Å². The van der Waals surface area contributed by atoms with Crippen molar-refractivity contribution in [2.45, 2.75) is 95.2 Å². The Labute approximate surface area is 131 Å². The summed E-state index contributed by atoms with van der Waals surface area (Å²) in [5.74, 6) is 0. The van der Waals surface area contributed by atoms with Crippen LogP contribution in [0.25, 0.3) is 0 Å². The Morgan fingerprint density at radius 2 is 1.24 bits per heavy atom. The fourth-order valence-corrected chi connectivity index (χ4v) is 4.80. The Balaban J connectivity index is 1.68. The molecule has 0 bridgehead atoms. The minimum atomic E-state index is 0.0210. The van der Waals surface area contributed by atoms with E-state index in [0.717, 1.165) is 31.6 Å². The molecule has 3 rings (SSSR count). The fraction of sp³-hybridized carbons (Fsp3) is 1.00. The van der Waals surface area contributed by atoms with Gasteiger partial charge < -0.3 is 5.73 Å². The second-order valence-corrected chi connectivity index (χ2v) is 7.93. The van der Waals surface area contributed by atoms with Crippen molar-refractivity contribution in [1.82, 2.24) is 9.80 Å². The second kappa shape index (κ2) is 6.97. The monoisotopic (exact) mass is 293 g/mol. The number of nitrogens with zero attached hydrogens (tertiary/aromatic N) is 2. The second-order valence-electron chi connectivity index (χ2n) is 7.93. The smallest absolute Gasteiger partial charge is 0.0513 e. The first-order valence-electron chi connectivity index (χ1n) is 9.47. The first kappa shape index (κ1) is 15.8. The molecule has 0 unspecified atom stereocenters. The summed E-state index contributed by atoms with van der Waals surface area (Å²) < 4.78 is 0. The van der Waals surface area contributed by atoms with Gasteiger partial charge in [-0.3, -0.25) is 9.80 Å². The van der Waals surface area contributed by atoms with E-state index in [9.17, 15) is 0 Å². The van der Waals surface area contributed by atoms with Crippen molar-refractivity contribution >= 4 is 0 Å². The summed E-state index contributed by atoms with van der Waals surface area (Å²) in [7, 11) is 0. The lowest BCUT2D eigenvalue weighted by molar-refractivity contribution is -0.0329. The van der Waals surface area contributed by atoms with Gasteiger partial charge in [-0.25, -0.2) is 0 Å². The van der Waals surface area contributed by atoms with Crippen LogP contribution in [0.2, 0.25) is 0 Å². The lowest BCUT2D eigenvalue weighted by Crippen LogP contribution is -2.67. The third-order valence-electron chi connectivity index (χ3n) is 6.29. The van der Waals surface area contributed by atoms with Crippen LogP contribution >= 0.6 is 0 Å². The summed E-state index contributed by atoms with van der Waals surface area (Å²) >= 11 is 0. The zero-order valence-electron chi connectivity index (χ0n) is 14.0. The van der Waals surface area contributed by atoms with Crippen molar-refractivity contribution in [3.8, 4) is 0 Å². The molecule has 1 saturated heterocycles. The molecule has 0 amide bonds. The van der Waals surface area contributed by atoms with E-state index in [1.54, 1.807) is 0 Å². The predicted octanol–water partition coefficient (Wildman–Crippen LogP) is 3.33. The van der Waals surface area contributed by atoms with Gasteiger partial charge in [0.15, 0.2) is 0 Å². The molecule has 3 nitrogen and oxygen atoms in total. The molecule has 0 atom stereocenters. The average Bonchev–Trinajstić information content (AvgIpc) is 2.56. The molecule has 0 aromatic carbocycles. The highest BCUT2D eigenvalue weighted by Gasteiger charge is 2.39. The molecule has 2 N–H and O–H groups in total. The minimum Gasteiger partial charge on any atom is -0.323 e. The molecule has 0 spiro atoms. The van der Waals surface area contributed by atoms with Crippen molar-refractivity contribution in [1.29, 1.82) is 0 Å². The summed E-state index contributed by atoms with van der Waals surface area (Å²) in [6.45, 7) is 5.71. The molecule has 2 saturated carbocycles. The van der Waals surface area contributed by atoms with E-state index in [0.29, 0.717) is 0 Å². The molecule has 0 aromatic heterocycles. The summed E-state index contributed by atoms with van der Waals surface area (Å²) in [4.78, 5) is 5.50. The Hall–Kier alpha value is -0.120. The molecule has 3 aliphatic rings. The molecule has 2 aliphatic carbocycles. The highest BCUT2D eigenvalue weighted by molar-refractivity contribution is 4.97. The van der Waals surface area contributed by atoms with Gasteiger partial charge >= 0.3 is 0 Å². The van der Waals surface area contributed by atoms with Crippen LogP contribution in [0.5, 0.6) is 0 Å². The maximum atomic E-state index is 6.77. The molecule has 3 fully saturated rings. The van der Waals surface area contributed by atoms with Gasteiger partial charge in [-0.1, -0.05) is 45.4 Å². The SMILES string of the molecule is CCC1(N)CN(C2CCCCC2)CN(C2CCCCC2)C1. The van der Waals surface area contributed by atoms with Crippen LogP contribution in [0.1, 0.15) is 77.6 Å². The van der Waals surface area contributed by atoms with Gasteiger partial charge in [-0.05, 0) is 32.1 Å². The quantitative estimate of drug-likeness (QED) is 0.866. The molecule has 0 aromatic rings. The first-order valence-corrected chi connectivity index (χ1v) is 9.47. The summed E-state index contributed by atoms with van der Waals surface area (Å²) in [5.41, 5.74) is 6.79.